The SMILES string of the molecule is CCNc1nc(Br)cn2c(C)nnc12.Cc1nc(Br)cn2c(C)nnc12. The van der Waals surface area contributed by atoms with Gasteiger partial charge in [0.1, 0.15) is 20.9 Å². The van der Waals surface area contributed by atoms with E-state index in [2.05, 4.69) is 67.5 Å². The van der Waals surface area contributed by atoms with Gasteiger partial charge >= 0.3 is 0 Å². The van der Waals surface area contributed by atoms with E-state index in [-0.39, 0.29) is 0 Å². The normalized spacial score (nSPS) is 10.8. The maximum Gasteiger partial charge on any atom is 0.203 e. The van der Waals surface area contributed by atoms with E-state index in [1.807, 2.05) is 48.9 Å². The van der Waals surface area contributed by atoms with Crippen molar-refractivity contribution in [1.29, 1.82) is 0 Å². The molecule has 136 valence electrons. The van der Waals surface area contributed by atoms with E-state index in [0.29, 0.717) is 0 Å². The summed E-state index contributed by atoms with van der Waals surface area (Å²) in [5.41, 5.74) is 2.45. The Bertz CT molecular complexity index is 1070. The Hall–Kier alpha value is -2.14. The van der Waals surface area contributed by atoms with Crippen LogP contribution in [-0.2, 0) is 0 Å². The van der Waals surface area contributed by atoms with Crippen LogP contribution in [0.2, 0.25) is 0 Å². The Kier molecular flexibility index (Phi) is 5.47. The first-order valence-corrected chi connectivity index (χ1v) is 9.45. The molecule has 9 nitrogen and oxygen atoms in total. The number of hydrogen-bond acceptors (Lipinski definition) is 7. The molecule has 0 unspecified atom stereocenters. The molecule has 0 fully saturated rings. The van der Waals surface area contributed by atoms with Gasteiger partial charge in [-0.1, -0.05) is 0 Å². The molecular weight excluding hydrogens is 466 g/mol. The highest BCUT2D eigenvalue weighted by Gasteiger charge is 2.08. The summed E-state index contributed by atoms with van der Waals surface area (Å²) in [4.78, 5) is 8.50. The Balaban J connectivity index is 0.000000152. The van der Waals surface area contributed by atoms with E-state index in [0.717, 1.165) is 50.2 Å². The molecule has 0 bridgehead atoms. The molecule has 26 heavy (non-hydrogen) atoms. The number of aromatic nitrogens is 8. The maximum atomic E-state index is 4.29. The Morgan fingerprint density at radius 1 is 0.846 bits per heavy atom. The Morgan fingerprint density at radius 3 is 2.00 bits per heavy atom. The summed E-state index contributed by atoms with van der Waals surface area (Å²) in [6.45, 7) is 8.55. The molecule has 1 N–H and O–H groups in total. The van der Waals surface area contributed by atoms with Gasteiger partial charge in [-0.15, -0.1) is 20.4 Å². The average Bonchev–Trinajstić information content (AvgIpc) is 3.13. The van der Waals surface area contributed by atoms with E-state index < -0.39 is 0 Å². The van der Waals surface area contributed by atoms with Gasteiger partial charge in [0.25, 0.3) is 0 Å². The quantitative estimate of drug-likeness (QED) is 0.468. The van der Waals surface area contributed by atoms with Crippen molar-refractivity contribution < 1.29 is 0 Å². The predicted molar refractivity (Wildman–Crippen MR) is 105 cm³/mol. The van der Waals surface area contributed by atoms with Gasteiger partial charge in [-0.2, -0.15) is 0 Å². The van der Waals surface area contributed by atoms with Gasteiger partial charge in [-0.25, -0.2) is 9.97 Å². The molecule has 0 aromatic carbocycles. The molecule has 11 heteroatoms. The van der Waals surface area contributed by atoms with Gasteiger partial charge in [0.05, 0.1) is 5.69 Å². The van der Waals surface area contributed by atoms with Crippen molar-refractivity contribution in [2.24, 2.45) is 0 Å². The highest BCUT2D eigenvalue weighted by Crippen LogP contribution is 2.17. The van der Waals surface area contributed by atoms with Gasteiger partial charge in [0.15, 0.2) is 11.5 Å². The van der Waals surface area contributed by atoms with E-state index in [4.69, 9.17) is 0 Å². The molecule has 4 heterocycles. The highest BCUT2D eigenvalue weighted by molar-refractivity contribution is 9.10. The van der Waals surface area contributed by atoms with Crippen molar-refractivity contribution >= 4 is 49.0 Å². The number of nitrogens with zero attached hydrogens (tertiary/aromatic N) is 8. The maximum absolute atomic E-state index is 4.29. The minimum Gasteiger partial charge on any atom is -0.367 e. The molecule has 0 aliphatic carbocycles. The fourth-order valence-corrected chi connectivity index (χ4v) is 3.23. The molecule has 0 aliphatic rings. The summed E-state index contributed by atoms with van der Waals surface area (Å²) in [7, 11) is 0. The van der Waals surface area contributed by atoms with Crippen molar-refractivity contribution in [2.75, 3.05) is 11.9 Å². The van der Waals surface area contributed by atoms with Gasteiger partial charge in [-0.3, -0.25) is 8.80 Å². The Morgan fingerprint density at radius 2 is 1.38 bits per heavy atom. The van der Waals surface area contributed by atoms with Crippen LogP contribution in [0.1, 0.15) is 24.3 Å². The molecule has 0 saturated heterocycles. The van der Waals surface area contributed by atoms with Crippen LogP contribution in [0.15, 0.2) is 21.6 Å². The second kappa shape index (κ2) is 7.62. The van der Waals surface area contributed by atoms with Crippen LogP contribution in [0.5, 0.6) is 0 Å². The lowest BCUT2D eigenvalue weighted by Crippen LogP contribution is -2.03. The molecule has 0 atom stereocenters. The van der Waals surface area contributed by atoms with Crippen molar-refractivity contribution in [3.05, 3.63) is 38.9 Å². The van der Waals surface area contributed by atoms with Crippen molar-refractivity contribution in [1.82, 2.24) is 39.2 Å². The molecule has 4 rings (SSSR count). The van der Waals surface area contributed by atoms with Crippen LogP contribution >= 0.6 is 31.9 Å². The first-order valence-electron chi connectivity index (χ1n) is 7.87. The summed E-state index contributed by atoms with van der Waals surface area (Å²) < 4.78 is 5.38. The number of nitrogens with one attached hydrogen (secondary N) is 1. The standard InChI is InChI=1S/C8H10BrN5.C7H7BrN4/c1-3-10-7-8-13-12-5(2)14(8)4-6(9)11-7;1-4-7-11-10-5(2)12(7)3-6(8)9-4/h4H,3H2,1-2H3,(H,10,11);3H,1-2H3. The smallest absolute Gasteiger partial charge is 0.203 e. The summed E-state index contributed by atoms with van der Waals surface area (Å²) >= 11 is 6.66. The van der Waals surface area contributed by atoms with Crippen LogP contribution in [-0.4, -0.2) is 45.7 Å². The summed E-state index contributed by atoms with van der Waals surface area (Å²) in [6.07, 6.45) is 3.71. The number of aryl methyl sites for hydroxylation is 3. The molecule has 0 aliphatic heterocycles. The largest absolute Gasteiger partial charge is 0.367 e. The zero-order valence-corrected chi connectivity index (χ0v) is 17.9. The third-order valence-corrected chi connectivity index (χ3v) is 4.34. The van der Waals surface area contributed by atoms with Crippen molar-refractivity contribution in [3.8, 4) is 0 Å². The minimum absolute atomic E-state index is 0.752. The minimum atomic E-state index is 0.752. The first-order chi connectivity index (χ1) is 12.4. The monoisotopic (exact) mass is 481 g/mol. The lowest BCUT2D eigenvalue weighted by atomic mass is 10.5. The number of rotatable bonds is 2. The molecule has 0 amide bonds. The van der Waals surface area contributed by atoms with Gasteiger partial charge in [-0.05, 0) is 59.6 Å². The van der Waals surface area contributed by atoms with E-state index in [1.54, 1.807) is 0 Å². The Labute approximate surface area is 166 Å². The number of anilines is 1. The highest BCUT2D eigenvalue weighted by atomic mass is 79.9. The van der Waals surface area contributed by atoms with Crippen LogP contribution in [0.3, 0.4) is 0 Å². The van der Waals surface area contributed by atoms with Crippen molar-refractivity contribution in [2.45, 2.75) is 27.7 Å². The molecular formula is C15H17Br2N9. The summed E-state index contributed by atoms with van der Waals surface area (Å²) in [6, 6.07) is 0. The first kappa shape index (κ1) is 18.6. The third-order valence-electron chi connectivity index (χ3n) is 3.58. The van der Waals surface area contributed by atoms with E-state index in [9.17, 15) is 0 Å². The lowest BCUT2D eigenvalue weighted by molar-refractivity contribution is 0.990. The number of fused-ring (bicyclic) bond motifs is 2. The average molecular weight is 483 g/mol. The van der Waals surface area contributed by atoms with Crippen LogP contribution in [0, 0.1) is 20.8 Å². The molecule has 4 aromatic rings. The lowest BCUT2D eigenvalue weighted by Gasteiger charge is -2.04. The van der Waals surface area contributed by atoms with E-state index in [1.165, 1.54) is 0 Å². The fraction of sp³-hybridized carbons (Fsp3) is 0.333. The van der Waals surface area contributed by atoms with Crippen LogP contribution in [0.4, 0.5) is 5.82 Å². The molecule has 0 radical (unpaired) electrons. The third kappa shape index (κ3) is 3.68. The van der Waals surface area contributed by atoms with Gasteiger partial charge in [0.2, 0.25) is 5.65 Å². The number of hydrogen-bond donors (Lipinski definition) is 1. The van der Waals surface area contributed by atoms with Gasteiger partial charge in [0, 0.05) is 18.9 Å². The molecule has 4 aromatic heterocycles. The predicted octanol–water partition coefficient (Wildman–Crippen LogP) is 3.13. The second-order valence-corrected chi connectivity index (χ2v) is 7.10. The second-order valence-electron chi connectivity index (χ2n) is 5.47. The summed E-state index contributed by atoms with van der Waals surface area (Å²) in [5, 5.41) is 19.1. The zero-order chi connectivity index (χ0) is 18.8. The topological polar surface area (TPSA) is 98.2 Å². The molecule has 0 spiro atoms. The van der Waals surface area contributed by atoms with Gasteiger partial charge < -0.3 is 5.32 Å². The summed E-state index contributed by atoms with van der Waals surface area (Å²) in [5.74, 6) is 2.47. The zero-order valence-electron chi connectivity index (χ0n) is 14.7. The number of halogens is 2. The van der Waals surface area contributed by atoms with Crippen LogP contribution in [0.25, 0.3) is 11.3 Å². The van der Waals surface area contributed by atoms with Crippen LogP contribution < -0.4 is 5.32 Å². The molecule has 0 saturated carbocycles. The fourth-order valence-electron chi connectivity index (χ4n) is 2.38. The van der Waals surface area contributed by atoms with Crippen molar-refractivity contribution in [3.63, 3.8) is 0 Å². The van der Waals surface area contributed by atoms with E-state index >= 15 is 0 Å².